The third-order valence-electron chi connectivity index (χ3n) is 2.19. The van der Waals surface area contributed by atoms with Gasteiger partial charge in [0.25, 0.3) is 0 Å². The van der Waals surface area contributed by atoms with E-state index in [1.54, 1.807) is 12.3 Å². The molecule has 2 aromatic heterocycles. The lowest BCUT2D eigenvalue weighted by atomic mass is 10.2. The van der Waals surface area contributed by atoms with Crippen LogP contribution in [0.15, 0.2) is 30.6 Å². The molecule has 0 bridgehead atoms. The van der Waals surface area contributed by atoms with Gasteiger partial charge >= 0.3 is 0 Å². The summed E-state index contributed by atoms with van der Waals surface area (Å²) in [7, 11) is 0. The Hall–Kier alpha value is -1.84. The molecule has 0 saturated heterocycles. The Kier molecular flexibility index (Phi) is 2.41. The number of pyridine rings is 1. The van der Waals surface area contributed by atoms with E-state index in [1.807, 2.05) is 22.9 Å². The number of aromatic nitrogens is 3. The standard InChI is InChI=1S/C11H14N4/c1-8(2)11-13-6-7-15(11)10-5-3-4-9(12)14-10/h3-8H,1-2H3,(H2,12,14). The lowest BCUT2D eigenvalue weighted by Gasteiger charge is -2.09. The molecule has 78 valence electrons. The quantitative estimate of drug-likeness (QED) is 0.810. The highest BCUT2D eigenvalue weighted by atomic mass is 15.1. The summed E-state index contributed by atoms with van der Waals surface area (Å²) in [6.07, 6.45) is 3.68. The highest BCUT2D eigenvalue weighted by molar-refractivity contribution is 5.36. The van der Waals surface area contributed by atoms with Crippen molar-refractivity contribution in [2.75, 3.05) is 5.73 Å². The van der Waals surface area contributed by atoms with Gasteiger partial charge in [-0.15, -0.1) is 0 Å². The lowest BCUT2D eigenvalue weighted by Crippen LogP contribution is -2.05. The van der Waals surface area contributed by atoms with Crippen LogP contribution < -0.4 is 5.73 Å². The second kappa shape index (κ2) is 3.73. The molecule has 0 aliphatic carbocycles. The van der Waals surface area contributed by atoms with Crippen molar-refractivity contribution in [1.29, 1.82) is 0 Å². The third-order valence-corrected chi connectivity index (χ3v) is 2.19. The van der Waals surface area contributed by atoms with Crippen LogP contribution in [0.5, 0.6) is 0 Å². The van der Waals surface area contributed by atoms with Gasteiger partial charge in [0.1, 0.15) is 17.5 Å². The van der Waals surface area contributed by atoms with Gasteiger partial charge in [0.15, 0.2) is 0 Å². The molecule has 4 nitrogen and oxygen atoms in total. The first-order valence-corrected chi connectivity index (χ1v) is 4.94. The molecule has 0 spiro atoms. The van der Waals surface area contributed by atoms with Gasteiger partial charge in [-0.25, -0.2) is 9.97 Å². The minimum atomic E-state index is 0.364. The fraction of sp³-hybridized carbons (Fsp3) is 0.273. The molecular formula is C11H14N4. The zero-order valence-corrected chi connectivity index (χ0v) is 8.88. The molecular weight excluding hydrogens is 188 g/mol. The van der Waals surface area contributed by atoms with Crippen LogP contribution in [0.4, 0.5) is 5.82 Å². The van der Waals surface area contributed by atoms with Crippen LogP contribution >= 0.6 is 0 Å². The van der Waals surface area contributed by atoms with Crippen molar-refractivity contribution >= 4 is 5.82 Å². The van der Waals surface area contributed by atoms with E-state index in [4.69, 9.17) is 5.73 Å². The molecule has 2 rings (SSSR count). The molecule has 0 aromatic carbocycles. The number of anilines is 1. The molecule has 0 saturated carbocycles. The van der Waals surface area contributed by atoms with Crippen molar-refractivity contribution in [3.8, 4) is 5.82 Å². The molecule has 0 unspecified atom stereocenters. The van der Waals surface area contributed by atoms with Crippen molar-refractivity contribution in [3.05, 3.63) is 36.4 Å². The maximum atomic E-state index is 5.65. The largest absolute Gasteiger partial charge is 0.384 e. The molecule has 2 N–H and O–H groups in total. The van der Waals surface area contributed by atoms with Crippen LogP contribution in [0.1, 0.15) is 25.6 Å². The van der Waals surface area contributed by atoms with Crippen LogP contribution in [-0.2, 0) is 0 Å². The van der Waals surface area contributed by atoms with E-state index in [2.05, 4.69) is 23.8 Å². The average molecular weight is 202 g/mol. The van der Waals surface area contributed by atoms with Crippen LogP contribution in [-0.4, -0.2) is 14.5 Å². The van der Waals surface area contributed by atoms with Crippen LogP contribution in [0.2, 0.25) is 0 Å². The Balaban J connectivity index is 2.49. The van der Waals surface area contributed by atoms with Crippen molar-refractivity contribution in [3.63, 3.8) is 0 Å². The Bertz CT molecular complexity index is 459. The molecule has 0 aliphatic rings. The first kappa shape index (κ1) is 9.71. The predicted molar refractivity (Wildman–Crippen MR) is 59.9 cm³/mol. The number of rotatable bonds is 2. The molecule has 4 heteroatoms. The summed E-state index contributed by atoms with van der Waals surface area (Å²) in [4.78, 5) is 8.56. The molecule has 0 aliphatic heterocycles. The SMILES string of the molecule is CC(C)c1nccn1-c1cccc(N)n1. The van der Waals surface area contributed by atoms with E-state index in [0.717, 1.165) is 11.6 Å². The van der Waals surface area contributed by atoms with Crippen LogP contribution in [0, 0.1) is 0 Å². The van der Waals surface area contributed by atoms with Crippen molar-refractivity contribution in [2.24, 2.45) is 0 Å². The summed E-state index contributed by atoms with van der Waals surface area (Å²) >= 11 is 0. The Morgan fingerprint density at radius 1 is 1.33 bits per heavy atom. The van der Waals surface area contributed by atoms with Gasteiger partial charge in [-0.1, -0.05) is 19.9 Å². The van der Waals surface area contributed by atoms with Crippen molar-refractivity contribution in [2.45, 2.75) is 19.8 Å². The Labute approximate surface area is 88.8 Å². The lowest BCUT2D eigenvalue weighted by molar-refractivity contribution is 0.744. The monoisotopic (exact) mass is 202 g/mol. The number of nitrogens with zero attached hydrogens (tertiary/aromatic N) is 3. The number of imidazole rings is 1. The first-order chi connectivity index (χ1) is 7.18. The number of nitrogens with two attached hydrogens (primary N) is 1. The molecule has 2 aromatic rings. The van der Waals surface area contributed by atoms with Gasteiger partial charge in [0, 0.05) is 18.3 Å². The fourth-order valence-electron chi connectivity index (χ4n) is 1.51. The number of nitrogen functional groups attached to an aromatic ring is 1. The zero-order chi connectivity index (χ0) is 10.8. The maximum Gasteiger partial charge on any atom is 0.140 e. The van der Waals surface area contributed by atoms with Crippen LogP contribution in [0.25, 0.3) is 5.82 Å². The van der Waals surface area contributed by atoms with Gasteiger partial charge in [-0.2, -0.15) is 0 Å². The summed E-state index contributed by atoms with van der Waals surface area (Å²) in [5.41, 5.74) is 5.65. The van der Waals surface area contributed by atoms with Gasteiger partial charge in [-0.3, -0.25) is 4.57 Å². The summed E-state index contributed by atoms with van der Waals surface area (Å²) < 4.78 is 1.96. The molecule has 0 fully saturated rings. The fourth-order valence-corrected chi connectivity index (χ4v) is 1.51. The summed E-state index contributed by atoms with van der Waals surface area (Å²) in [6, 6.07) is 5.58. The summed E-state index contributed by atoms with van der Waals surface area (Å²) in [5, 5.41) is 0. The van der Waals surface area contributed by atoms with E-state index in [1.165, 1.54) is 0 Å². The van der Waals surface area contributed by atoms with E-state index in [0.29, 0.717) is 11.7 Å². The third kappa shape index (κ3) is 1.83. The molecule has 0 atom stereocenters. The number of hydrogen-bond donors (Lipinski definition) is 1. The van der Waals surface area contributed by atoms with E-state index in [-0.39, 0.29) is 0 Å². The van der Waals surface area contributed by atoms with Gasteiger partial charge < -0.3 is 5.73 Å². The summed E-state index contributed by atoms with van der Waals surface area (Å²) in [5.74, 6) is 2.70. The highest BCUT2D eigenvalue weighted by Crippen LogP contribution is 2.16. The average Bonchev–Trinajstić information content (AvgIpc) is 2.65. The van der Waals surface area contributed by atoms with Gasteiger partial charge in [0.2, 0.25) is 0 Å². The minimum Gasteiger partial charge on any atom is -0.384 e. The second-order valence-electron chi connectivity index (χ2n) is 3.73. The second-order valence-corrected chi connectivity index (χ2v) is 3.73. The smallest absolute Gasteiger partial charge is 0.140 e. The van der Waals surface area contributed by atoms with Crippen molar-refractivity contribution in [1.82, 2.24) is 14.5 Å². The molecule has 2 heterocycles. The van der Waals surface area contributed by atoms with Crippen molar-refractivity contribution < 1.29 is 0 Å². The Morgan fingerprint density at radius 3 is 2.80 bits per heavy atom. The normalized spacial score (nSPS) is 10.9. The minimum absolute atomic E-state index is 0.364. The maximum absolute atomic E-state index is 5.65. The van der Waals surface area contributed by atoms with E-state index >= 15 is 0 Å². The van der Waals surface area contributed by atoms with Gasteiger partial charge in [-0.05, 0) is 12.1 Å². The highest BCUT2D eigenvalue weighted by Gasteiger charge is 2.09. The summed E-state index contributed by atoms with van der Waals surface area (Å²) in [6.45, 7) is 4.20. The zero-order valence-electron chi connectivity index (χ0n) is 8.88. The molecule has 0 amide bonds. The van der Waals surface area contributed by atoms with E-state index in [9.17, 15) is 0 Å². The first-order valence-electron chi connectivity index (χ1n) is 4.94. The predicted octanol–water partition coefficient (Wildman–Crippen LogP) is 1.97. The number of hydrogen-bond acceptors (Lipinski definition) is 3. The van der Waals surface area contributed by atoms with Crippen LogP contribution in [0.3, 0.4) is 0 Å². The molecule has 15 heavy (non-hydrogen) atoms. The topological polar surface area (TPSA) is 56.7 Å². The van der Waals surface area contributed by atoms with Gasteiger partial charge in [0.05, 0.1) is 0 Å². The Morgan fingerprint density at radius 2 is 2.13 bits per heavy atom. The molecule has 0 radical (unpaired) electrons. The van der Waals surface area contributed by atoms with E-state index < -0.39 is 0 Å².